The number of fused-ring (bicyclic) bond motifs is 1. The molecule has 1 aliphatic heterocycles. The number of benzene rings is 1. The number of hydrogen-bond donors (Lipinski definition) is 1. The Morgan fingerprint density at radius 2 is 2.17 bits per heavy atom. The SMILES string of the molecule is COc1cc(C2(C(=O)O)CCC2)cc2c1OCO2. The highest BCUT2D eigenvalue weighted by atomic mass is 16.7. The van der Waals surface area contributed by atoms with Crippen LogP contribution in [0.15, 0.2) is 12.1 Å². The van der Waals surface area contributed by atoms with Crippen molar-refractivity contribution in [3.05, 3.63) is 17.7 Å². The first-order valence-electron chi connectivity index (χ1n) is 5.89. The molecule has 0 radical (unpaired) electrons. The number of carbonyl (C=O) groups is 1. The van der Waals surface area contributed by atoms with Crippen LogP contribution >= 0.6 is 0 Å². The monoisotopic (exact) mass is 250 g/mol. The van der Waals surface area contributed by atoms with E-state index in [1.807, 2.05) is 0 Å². The predicted octanol–water partition coefficient (Wildman–Crippen LogP) is 1.93. The molecule has 1 heterocycles. The third-order valence-electron chi connectivity index (χ3n) is 3.83. The second-order valence-corrected chi connectivity index (χ2v) is 4.65. The molecule has 0 aromatic heterocycles. The van der Waals surface area contributed by atoms with E-state index in [9.17, 15) is 9.90 Å². The normalized spacial score (nSPS) is 19.2. The van der Waals surface area contributed by atoms with Gasteiger partial charge < -0.3 is 19.3 Å². The minimum atomic E-state index is -0.783. The molecule has 0 spiro atoms. The highest BCUT2D eigenvalue weighted by Gasteiger charge is 2.47. The Hall–Kier alpha value is -1.91. The molecule has 0 amide bonds. The van der Waals surface area contributed by atoms with E-state index in [1.165, 1.54) is 7.11 Å². The van der Waals surface area contributed by atoms with Gasteiger partial charge in [0.25, 0.3) is 0 Å². The highest BCUT2D eigenvalue weighted by molar-refractivity contribution is 5.83. The Labute approximate surface area is 104 Å². The molecule has 1 fully saturated rings. The second kappa shape index (κ2) is 3.80. The van der Waals surface area contributed by atoms with Crippen LogP contribution in [0, 0.1) is 0 Å². The number of ether oxygens (including phenoxy) is 3. The second-order valence-electron chi connectivity index (χ2n) is 4.65. The summed E-state index contributed by atoms with van der Waals surface area (Å²) in [6, 6.07) is 3.51. The lowest BCUT2D eigenvalue weighted by Crippen LogP contribution is -2.42. The van der Waals surface area contributed by atoms with Crippen LogP contribution in [0.1, 0.15) is 24.8 Å². The maximum absolute atomic E-state index is 11.5. The largest absolute Gasteiger partial charge is 0.493 e. The van der Waals surface area contributed by atoms with Gasteiger partial charge >= 0.3 is 5.97 Å². The van der Waals surface area contributed by atoms with Gasteiger partial charge in [-0.15, -0.1) is 0 Å². The standard InChI is InChI=1S/C13H14O5/c1-16-9-5-8(6-10-11(9)18-7-17-10)13(12(14)15)3-2-4-13/h5-6H,2-4,7H2,1H3,(H,14,15). The van der Waals surface area contributed by atoms with Crippen molar-refractivity contribution in [1.29, 1.82) is 0 Å². The minimum absolute atomic E-state index is 0.148. The number of carboxylic acid groups (broad SMARTS) is 1. The molecule has 1 saturated carbocycles. The molecular weight excluding hydrogens is 236 g/mol. The quantitative estimate of drug-likeness (QED) is 0.888. The number of carboxylic acids is 1. The summed E-state index contributed by atoms with van der Waals surface area (Å²) in [5.41, 5.74) is -0.0452. The van der Waals surface area contributed by atoms with Gasteiger partial charge in [-0.2, -0.15) is 0 Å². The molecule has 3 rings (SSSR count). The van der Waals surface area contributed by atoms with Crippen LogP contribution in [0.25, 0.3) is 0 Å². The molecule has 1 N–H and O–H groups in total. The molecule has 1 aliphatic carbocycles. The van der Waals surface area contributed by atoms with Gasteiger partial charge in [0.1, 0.15) is 0 Å². The van der Waals surface area contributed by atoms with Crippen molar-refractivity contribution in [3.63, 3.8) is 0 Å². The van der Waals surface area contributed by atoms with Gasteiger partial charge in [-0.05, 0) is 30.5 Å². The third kappa shape index (κ3) is 1.36. The van der Waals surface area contributed by atoms with Crippen molar-refractivity contribution in [3.8, 4) is 17.2 Å². The third-order valence-corrected chi connectivity index (χ3v) is 3.83. The van der Waals surface area contributed by atoms with Gasteiger partial charge in [0, 0.05) is 0 Å². The fourth-order valence-corrected chi connectivity index (χ4v) is 2.56. The van der Waals surface area contributed by atoms with Crippen molar-refractivity contribution in [2.45, 2.75) is 24.7 Å². The maximum atomic E-state index is 11.5. The molecule has 5 nitrogen and oxygen atoms in total. The molecule has 1 aromatic rings. The van der Waals surface area contributed by atoms with E-state index in [2.05, 4.69) is 0 Å². The molecule has 2 aliphatic rings. The smallest absolute Gasteiger partial charge is 0.314 e. The topological polar surface area (TPSA) is 65.0 Å². The molecule has 0 saturated heterocycles. The zero-order valence-corrected chi connectivity index (χ0v) is 10.1. The summed E-state index contributed by atoms with van der Waals surface area (Å²) in [6.07, 6.45) is 2.25. The van der Waals surface area contributed by atoms with Crippen molar-refractivity contribution in [2.24, 2.45) is 0 Å². The number of hydrogen-bond acceptors (Lipinski definition) is 4. The van der Waals surface area contributed by atoms with Crippen molar-refractivity contribution >= 4 is 5.97 Å². The van der Waals surface area contributed by atoms with E-state index in [4.69, 9.17) is 14.2 Å². The van der Waals surface area contributed by atoms with Gasteiger partial charge in [-0.1, -0.05) is 6.42 Å². The lowest BCUT2D eigenvalue weighted by molar-refractivity contribution is -0.147. The zero-order valence-electron chi connectivity index (χ0n) is 10.1. The Kier molecular flexibility index (Phi) is 2.36. The maximum Gasteiger partial charge on any atom is 0.314 e. The van der Waals surface area contributed by atoms with Gasteiger partial charge in [0.15, 0.2) is 11.5 Å². The molecule has 0 atom stereocenters. The first kappa shape index (κ1) is 11.2. The number of aliphatic carboxylic acids is 1. The summed E-state index contributed by atoms with van der Waals surface area (Å²) in [5, 5.41) is 9.44. The average Bonchev–Trinajstić information content (AvgIpc) is 2.73. The Balaban J connectivity index is 2.10. The lowest BCUT2D eigenvalue weighted by Gasteiger charge is -2.38. The van der Waals surface area contributed by atoms with Gasteiger partial charge in [-0.3, -0.25) is 4.79 Å². The number of rotatable bonds is 3. The lowest BCUT2D eigenvalue weighted by atomic mass is 9.64. The van der Waals surface area contributed by atoms with E-state index in [-0.39, 0.29) is 6.79 Å². The van der Waals surface area contributed by atoms with Crippen LogP contribution in [0.3, 0.4) is 0 Å². The molecule has 18 heavy (non-hydrogen) atoms. The van der Waals surface area contributed by atoms with E-state index >= 15 is 0 Å². The van der Waals surface area contributed by atoms with E-state index < -0.39 is 11.4 Å². The first-order valence-corrected chi connectivity index (χ1v) is 5.89. The summed E-state index contributed by atoms with van der Waals surface area (Å²) in [6.45, 7) is 0.148. The summed E-state index contributed by atoms with van der Waals surface area (Å²) < 4.78 is 15.9. The van der Waals surface area contributed by atoms with Gasteiger partial charge in [0.05, 0.1) is 12.5 Å². The first-order chi connectivity index (χ1) is 8.67. The minimum Gasteiger partial charge on any atom is -0.493 e. The van der Waals surface area contributed by atoms with E-state index in [0.717, 1.165) is 12.0 Å². The zero-order chi connectivity index (χ0) is 12.8. The average molecular weight is 250 g/mol. The predicted molar refractivity (Wildman–Crippen MR) is 62.3 cm³/mol. The van der Waals surface area contributed by atoms with Crippen molar-refractivity contribution in [2.75, 3.05) is 13.9 Å². The van der Waals surface area contributed by atoms with Crippen LogP contribution in [-0.4, -0.2) is 25.0 Å². The van der Waals surface area contributed by atoms with Gasteiger partial charge in [-0.25, -0.2) is 0 Å². The molecule has 0 bridgehead atoms. The summed E-state index contributed by atoms with van der Waals surface area (Å²) >= 11 is 0. The molecule has 1 aromatic carbocycles. The van der Waals surface area contributed by atoms with Crippen molar-refractivity contribution < 1.29 is 24.1 Å². The fourth-order valence-electron chi connectivity index (χ4n) is 2.56. The Morgan fingerprint density at radius 1 is 1.39 bits per heavy atom. The van der Waals surface area contributed by atoms with Crippen LogP contribution in [0.5, 0.6) is 17.2 Å². The molecular formula is C13H14O5. The Bertz CT molecular complexity index is 504. The highest BCUT2D eigenvalue weighted by Crippen LogP contribution is 2.50. The van der Waals surface area contributed by atoms with Gasteiger partial charge in [0.2, 0.25) is 12.5 Å². The van der Waals surface area contributed by atoms with Crippen LogP contribution in [0.2, 0.25) is 0 Å². The Morgan fingerprint density at radius 3 is 2.72 bits per heavy atom. The molecule has 96 valence electrons. The summed E-state index contributed by atoms with van der Waals surface area (Å²) in [7, 11) is 1.54. The summed E-state index contributed by atoms with van der Waals surface area (Å²) in [5.74, 6) is 0.875. The molecule has 5 heteroatoms. The van der Waals surface area contributed by atoms with Crippen LogP contribution < -0.4 is 14.2 Å². The van der Waals surface area contributed by atoms with E-state index in [1.54, 1.807) is 12.1 Å². The van der Waals surface area contributed by atoms with Crippen molar-refractivity contribution in [1.82, 2.24) is 0 Å². The molecule has 0 unspecified atom stereocenters. The van der Waals surface area contributed by atoms with Crippen LogP contribution in [0.4, 0.5) is 0 Å². The van der Waals surface area contributed by atoms with E-state index in [0.29, 0.717) is 30.1 Å². The number of methoxy groups -OCH3 is 1. The summed E-state index contributed by atoms with van der Waals surface area (Å²) in [4.78, 5) is 11.5. The fraction of sp³-hybridized carbons (Fsp3) is 0.462. The van der Waals surface area contributed by atoms with Crippen LogP contribution in [-0.2, 0) is 10.2 Å².